The minimum atomic E-state index is 0.727. The van der Waals surface area contributed by atoms with Gasteiger partial charge in [0.25, 0.3) is 0 Å². The van der Waals surface area contributed by atoms with Gasteiger partial charge >= 0.3 is 0 Å². The van der Waals surface area contributed by atoms with Crippen molar-refractivity contribution >= 4 is 0 Å². The molecular weight excluding hydrogens is 250 g/mol. The number of aryl methyl sites for hydroxylation is 2. The SMILES string of the molecule is CNCCc1c(C)nc(-c2ccccc2OC)nc1C. The molecule has 1 N–H and O–H groups in total. The van der Waals surface area contributed by atoms with E-state index in [-0.39, 0.29) is 0 Å². The smallest absolute Gasteiger partial charge is 0.163 e. The van der Waals surface area contributed by atoms with Crippen LogP contribution >= 0.6 is 0 Å². The number of aromatic nitrogens is 2. The van der Waals surface area contributed by atoms with Gasteiger partial charge in [0, 0.05) is 11.4 Å². The number of hydrogen-bond acceptors (Lipinski definition) is 4. The first kappa shape index (κ1) is 14.5. The van der Waals surface area contributed by atoms with Crippen molar-refractivity contribution in [2.75, 3.05) is 20.7 Å². The zero-order chi connectivity index (χ0) is 14.5. The van der Waals surface area contributed by atoms with Crippen molar-refractivity contribution in [1.82, 2.24) is 15.3 Å². The van der Waals surface area contributed by atoms with Gasteiger partial charge in [-0.05, 0) is 51.6 Å². The number of methoxy groups -OCH3 is 1. The average Bonchev–Trinajstić information content (AvgIpc) is 2.46. The molecule has 2 aromatic rings. The van der Waals surface area contributed by atoms with Crippen LogP contribution in [0.4, 0.5) is 0 Å². The molecule has 106 valence electrons. The standard InChI is InChI=1S/C16H21N3O/c1-11-13(9-10-17-3)12(2)19-16(18-11)14-7-5-6-8-15(14)20-4/h5-8,17H,9-10H2,1-4H3. The maximum Gasteiger partial charge on any atom is 0.163 e. The van der Waals surface area contributed by atoms with Crippen molar-refractivity contribution in [2.24, 2.45) is 0 Å². The Labute approximate surface area is 120 Å². The van der Waals surface area contributed by atoms with Crippen molar-refractivity contribution in [3.8, 4) is 17.1 Å². The fourth-order valence-electron chi connectivity index (χ4n) is 2.30. The maximum absolute atomic E-state index is 5.38. The normalized spacial score (nSPS) is 10.6. The lowest BCUT2D eigenvalue weighted by atomic mass is 10.1. The molecule has 0 fully saturated rings. The second-order valence-electron chi connectivity index (χ2n) is 4.75. The maximum atomic E-state index is 5.38. The van der Waals surface area contributed by atoms with E-state index in [0.717, 1.165) is 41.5 Å². The Morgan fingerprint density at radius 1 is 1.10 bits per heavy atom. The molecule has 0 aliphatic rings. The Morgan fingerprint density at radius 2 is 1.75 bits per heavy atom. The first-order chi connectivity index (χ1) is 9.67. The van der Waals surface area contributed by atoms with Gasteiger partial charge in [-0.2, -0.15) is 0 Å². The van der Waals surface area contributed by atoms with Crippen molar-refractivity contribution in [2.45, 2.75) is 20.3 Å². The van der Waals surface area contributed by atoms with Crippen LogP contribution in [0.3, 0.4) is 0 Å². The van der Waals surface area contributed by atoms with E-state index in [1.54, 1.807) is 7.11 Å². The summed E-state index contributed by atoms with van der Waals surface area (Å²) in [6, 6.07) is 7.84. The molecule has 1 aromatic carbocycles. The molecule has 0 unspecified atom stereocenters. The summed E-state index contributed by atoms with van der Waals surface area (Å²) in [6.45, 7) is 5.01. The average molecular weight is 271 g/mol. The molecule has 0 atom stereocenters. The van der Waals surface area contributed by atoms with Gasteiger partial charge in [-0.1, -0.05) is 12.1 Å². The Bertz CT molecular complexity index is 573. The van der Waals surface area contributed by atoms with Crippen LogP contribution in [0, 0.1) is 13.8 Å². The molecule has 4 nitrogen and oxygen atoms in total. The van der Waals surface area contributed by atoms with Crippen LogP contribution < -0.4 is 10.1 Å². The molecule has 1 heterocycles. The van der Waals surface area contributed by atoms with Crippen LogP contribution in [-0.4, -0.2) is 30.7 Å². The summed E-state index contributed by atoms with van der Waals surface area (Å²) in [5.41, 5.74) is 4.22. The quantitative estimate of drug-likeness (QED) is 0.907. The van der Waals surface area contributed by atoms with E-state index >= 15 is 0 Å². The molecule has 2 rings (SSSR count). The number of nitrogens with zero attached hydrogens (tertiary/aromatic N) is 2. The fraction of sp³-hybridized carbons (Fsp3) is 0.375. The zero-order valence-corrected chi connectivity index (χ0v) is 12.5. The van der Waals surface area contributed by atoms with Crippen molar-refractivity contribution in [1.29, 1.82) is 0 Å². The first-order valence-corrected chi connectivity index (χ1v) is 6.79. The Hall–Kier alpha value is -1.94. The molecule has 0 saturated carbocycles. The van der Waals surface area contributed by atoms with Crippen LogP contribution in [0.5, 0.6) is 5.75 Å². The second-order valence-corrected chi connectivity index (χ2v) is 4.75. The van der Waals surface area contributed by atoms with E-state index < -0.39 is 0 Å². The summed E-state index contributed by atoms with van der Waals surface area (Å²) in [4.78, 5) is 9.29. The van der Waals surface area contributed by atoms with Crippen LogP contribution in [0.25, 0.3) is 11.4 Å². The van der Waals surface area contributed by atoms with E-state index in [9.17, 15) is 0 Å². The summed E-state index contributed by atoms with van der Waals surface area (Å²) in [6.07, 6.45) is 0.945. The third kappa shape index (κ3) is 2.96. The van der Waals surface area contributed by atoms with Gasteiger partial charge in [0.15, 0.2) is 5.82 Å². The van der Waals surface area contributed by atoms with Crippen molar-refractivity contribution < 1.29 is 4.74 Å². The van der Waals surface area contributed by atoms with Gasteiger partial charge in [0.05, 0.1) is 12.7 Å². The lowest BCUT2D eigenvalue weighted by Crippen LogP contribution is -2.13. The topological polar surface area (TPSA) is 47.0 Å². The number of hydrogen-bond donors (Lipinski definition) is 1. The minimum absolute atomic E-state index is 0.727. The highest BCUT2D eigenvalue weighted by atomic mass is 16.5. The lowest BCUT2D eigenvalue weighted by Gasteiger charge is -2.12. The van der Waals surface area contributed by atoms with Gasteiger partial charge in [-0.15, -0.1) is 0 Å². The number of benzene rings is 1. The van der Waals surface area contributed by atoms with E-state index in [1.165, 1.54) is 5.56 Å². The predicted octanol–water partition coefficient (Wildman–Crippen LogP) is 2.53. The number of para-hydroxylation sites is 1. The third-order valence-electron chi connectivity index (χ3n) is 3.39. The largest absolute Gasteiger partial charge is 0.496 e. The van der Waals surface area contributed by atoms with Crippen LogP contribution in [0.2, 0.25) is 0 Å². The highest BCUT2D eigenvalue weighted by molar-refractivity contribution is 5.64. The number of likely N-dealkylation sites (N-methyl/N-ethyl adjacent to an activating group) is 1. The molecule has 0 spiro atoms. The Morgan fingerprint density at radius 3 is 2.35 bits per heavy atom. The lowest BCUT2D eigenvalue weighted by molar-refractivity contribution is 0.416. The third-order valence-corrected chi connectivity index (χ3v) is 3.39. The summed E-state index contributed by atoms with van der Waals surface area (Å²) in [7, 11) is 3.62. The van der Waals surface area contributed by atoms with Crippen molar-refractivity contribution in [3.05, 3.63) is 41.2 Å². The van der Waals surface area contributed by atoms with Gasteiger partial charge in [-0.25, -0.2) is 9.97 Å². The van der Waals surface area contributed by atoms with E-state index in [1.807, 2.05) is 45.2 Å². The van der Waals surface area contributed by atoms with Gasteiger partial charge in [0.2, 0.25) is 0 Å². The Kier molecular flexibility index (Phi) is 4.69. The molecule has 20 heavy (non-hydrogen) atoms. The van der Waals surface area contributed by atoms with Gasteiger partial charge < -0.3 is 10.1 Å². The fourth-order valence-corrected chi connectivity index (χ4v) is 2.30. The summed E-state index contributed by atoms with van der Waals surface area (Å²) >= 11 is 0. The summed E-state index contributed by atoms with van der Waals surface area (Å²) in [5.74, 6) is 1.53. The highest BCUT2D eigenvalue weighted by Gasteiger charge is 2.12. The van der Waals surface area contributed by atoms with Crippen LogP contribution in [0.1, 0.15) is 17.0 Å². The molecule has 0 aliphatic heterocycles. The summed E-state index contributed by atoms with van der Waals surface area (Å²) in [5, 5.41) is 3.16. The van der Waals surface area contributed by atoms with E-state index in [2.05, 4.69) is 15.3 Å². The second kappa shape index (κ2) is 6.48. The van der Waals surface area contributed by atoms with E-state index in [4.69, 9.17) is 4.74 Å². The number of ether oxygens (including phenoxy) is 1. The molecule has 0 radical (unpaired) electrons. The summed E-state index contributed by atoms with van der Waals surface area (Å²) < 4.78 is 5.38. The number of nitrogens with one attached hydrogen (secondary N) is 1. The molecule has 1 aromatic heterocycles. The van der Waals surface area contributed by atoms with E-state index in [0.29, 0.717) is 0 Å². The van der Waals surface area contributed by atoms with Gasteiger partial charge in [-0.3, -0.25) is 0 Å². The highest BCUT2D eigenvalue weighted by Crippen LogP contribution is 2.28. The predicted molar refractivity (Wildman–Crippen MR) is 81.1 cm³/mol. The molecule has 0 amide bonds. The minimum Gasteiger partial charge on any atom is -0.496 e. The first-order valence-electron chi connectivity index (χ1n) is 6.79. The van der Waals surface area contributed by atoms with Crippen LogP contribution in [0.15, 0.2) is 24.3 Å². The number of rotatable bonds is 5. The molecular formula is C16H21N3O. The van der Waals surface area contributed by atoms with Crippen LogP contribution in [-0.2, 0) is 6.42 Å². The molecule has 0 saturated heterocycles. The monoisotopic (exact) mass is 271 g/mol. The van der Waals surface area contributed by atoms with Gasteiger partial charge in [0.1, 0.15) is 5.75 Å². The molecule has 0 aliphatic carbocycles. The zero-order valence-electron chi connectivity index (χ0n) is 12.5. The molecule has 0 bridgehead atoms. The Balaban J connectivity index is 2.44. The van der Waals surface area contributed by atoms with Crippen molar-refractivity contribution in [3.63, 3.8) is 0 Å². The molecule has 4 heteroatoms.